The number of fused-ring (bicyclic) bond motifs is 2. The van der Waals surface area contributed by atoms with Crippen LogP contribution in [0.25, 0.3) is 0 Å². The first-order chi connectivity index (χ1) is 16.4. The summed E-state index contributed by atoms with van der Waals surface area (Å²) < 4.78 is 0. The Hall–Kier alpha value is -3.00. The first kappa shape index (κ1) is 22.8. The number of rotatable bonds is 6. The minimum absolute atomic E-state index is 0.250. The average Bonchev–Trinajstić information content (AvgIpc) is 3.54. The van der Waals surface area contributed by atoms with Gasteiger partial charge in [0, 0.05) is 31.1 Å². The summed E-state index contributed by atoms with van der Waals surface area (Å²) in [4.78, 5) is 49.6. The van der Waals surface area contributed by atoms with Crippen molar-refractivity contribution in [2.24, 2.45) is 16.8 Å². The van der Waals surface area contributed by atoms with Gasteiger partial charge in [-0.1, -0.05) is 42.0 Å². The molecular formula is C26H33N5O3. The summed E-state index contributed by atoms with van der Waals surface area (Å²) in [6.45, 7) is 5.41. The first-order valence-corrected chi connectivity index (χ1v) is 12.2. The van der Waals surface area contributed by atoms with Crippen molar-refractivity contribution in [3.05, 3.63) is 47.5 Å². The molecule has 1 aromatic carbocycles. The number of carbonyl (C=O) groups is 3. The van der Waals surface area contributed by atoms with Crippen LogP contribution >= 0.6 is 0 Å². The van der Waals surface area contributed by atoms with Gasteiger partial charge in [-0.15, -0.1) is 0 Å². The highest BCUT2D eigenvalue weighted by Gasteiger charge is 2.55. The summed E-state index contributed by atoms with van der Waals surface area (Å²) in [5.74, 6) is 1.16. The van der Waals surface area contributed by atoms with Crippen LogP contribution < -0.4 is 5.32 Å². The number of likely N-dealkylation sites (N-methyl/N-ethyl adjacent to an activating group) is 1. The van der Waals surface area contributed by atoms with Crippen molar-refractivity contribution in [2.75, 3.05) is 26.7 Å². The fourth-order valence-electron chi connectivity index (χ4n) is 5.98. The minimum atomic E-state index is -0.606. The van der Waals surface area contributed by atoms with Crippen molar-refractivity contribution in [1.82, 2.24) is 20.0 Å². The van der Waals surface area contributed by atoms with Crippen LogP contribution in [0.1, 0.15) is 43.5 Å². The molecule has 2 saturated heterocycles. The monoisotopic (exact) mass is 463 g/mol. The Morgan fingerprint density at radius 3 is 2.65 bits per heavy atom. The van der Waals surface area contributed by atoms with E-state index < -0.39 is 18.2 Å². The lowest BCUT2D eigenvalue weighted by molar-refractivity contribution is -0.136. The maximum absolute atomic E-state index is 13.8. The normalized spacial score (nSPS) is 30.4. The molecule has 8 heteroatoms. The summed E-state index contributed by atoms with van der Waals surface area (Å²) in [6, 6.07) is 8.24. The van der Waals surface area contributed by atoms with Gasteiger partial charge in [-0.05, 0) is 45.6 Å². The number of amidine groups is 1. The number of nitrogens with zero attached hydrogens (tertiary/aromatic N) is 4. The van der Waals surface area contributed by atoms with Crippen LogP contribution in [0.15, 0.2) is 47.0 Å². The second-order valence-electron chi connectivity index (χ2n) is 10.1. The molecule has 1 aromatic rings. The Morgan fingerprint density at radius 2 is 1.91 bits per heavy atom. The molecule has 3 fully saturated rings. The topological polar surface area (TPSA) is 85.3 Å². The summed E-state index contributed by atoms with van der Waals surface area (Å²) in [6.07, 6.45) is 4.81. The molecule has 34 heavy (non-hydrogen) atoms. The molecule has 1 saturated carbocycles. The molecule has 1 aliphatic carbocycles. The average molecular weight is 464 g/mol. The number of carbonyl (C=O) groups excluding carboxylic acids is 3. The Balaban J connectivity index is 1.45. The van der Waals surface area contributed by atoms with Crippen molar-refractivity contribution >= 4 is 23.6 Å². The van der Waals surface area contributed by atoms with Crippen LogP contribution in [-0.2, 0) is 4.79 Å². The predicted octanol–water partition coefficient (Wildman–Crippen LogP) is 2.53. The first-order valence-electron chi connectivity index (χ1n) is 12.2. The van der Waals surface area contributed by atoms with Gasteiger partial charge in [0.25, 0.3) is 5.91 Å². The molecule has 3 amide bonds. The van der Waals surface area contributed by atoms with Gasteiger partial charge in [0.15, 0.2) is 18.0 Å². The van der Waals surface area contributed by atoms with Crippen LogP contribution in [0.4, 0.5) is 4.79 Å². The SMILES string of the molecule is CC(C)=CCN1C(C2CC[C@H]3NCC[C@@H]23)=NC2C1C(=O)N(CC(=O)c1ccccc1)C(=O)N2C. The molecule has 3 unspecified atom stereocenters. The number of amides is 3. The van der Waals surface area contributed by atoms with Crippen LogP contribution in [0.3, 0.4) is 0 Å². The van der Waals surface area contributed by atoms with Crippen molar-refractivity contribution in [3.8, 4) is 0 Å². The van der Waals surface area contributed by atoms with E-state index in [0.717, 1.165) is 36.5 Å². The fraction of sp³-hybridized carbons (Fsp3) is 0.538. The minimum Gasteiger partial charge on any atom is -0.341 e. The Kier molecular flexibility index (Phi) is 6.02. The van der Waals surface area contributed by atoms with Gasteiger partial charge >= 0.3 is 6.03 Å². The molecule has 1 N–H and O–H groups in total. The van der Waals surface area contributed by atoms with E-state index in [4.69, 9.17) is 4.99 Å². The zero-order chi connectivity index (χ0) is 24.0. The van der Waals surface area contributed by atoms with Crippen LogP contribution in [0, 0.1) is 11.8 Å². The third kappa shape index (κ3) is 3.83. The maximum Gasteiger partial charge on any atom is 0.328 e. The number of ketones is 1. The van der Waals surface area contributed by atoms with E-state index in [1.165, 1.54) is 10.5 Å². The molecule has 5 rings (SSSR count). The summed E-state index contributed by atoms with van der Waals surface area (Å²) in [7, 11) is 1.69. The Morgan fingerprint density at radius 1 is 1.15 bits per heavy atom. The lowest BCUT2D eigenvalue weighted by atomic mass is 9.91. The Bertz CT molecular complexity index is 1050. The van der Waals surface area contributed by atoms with Crippen LogP contribution in [0.5, 0.6) is 0 Å². The summed E-state index contributed by atoms with van der Waals surface area (Å²) in [5.41, 5.74) is 1.65. The Labute approximate surface area is 200 Å². The van der Waals surface area contributed by atoms with E-state index in [1.54, 1.807) is 31.3 Å². The van der Waals surface area contributed by atoms with Gasteiger partial charge in [-0.25, -0.2) is 9.79 Å². The third-order valence-corrected chi connectivity index (χ3v) is 7.76. The zero-order valence-corrected chi connectivity index (χ0v) is 20.1. The van der Waals surface area contributed by atoms with E-state index >= 15 is 0 Å². The number of nitrogens with one attached hydrogen (secondary N) is 1. The molecule has 3 aliphatic heterocycles. The number of urea groups is 1. The number of hydrogen-bond donors (Lipinski definition) is 1. The standard InChI is InChI=1S/C26H33N5O3/c1-16(2)12-14-30-22-24(28-23(30)19-9-10-20-18(19)11-13-27-20)29(3)26(34)31(25(22)33)15-21(32)17-7-5-4-6-8-17/h4-8,12,18-20,22,24,27H,9-11,13-15H2,1-3H3/t18-,19?,20+,22?,24?/m0/s1. The molecule has 5 atom stereocenters. The summed E-state index contributed by atoms with van der Waals surface area (Å²) >= 11 is 0. The number of benzene rings is 1. The number of imide groups is 1. The largest absolute Gasteiger partial charge is 0.341 e. The molecule has 180 valence electrons. The quantitative estimate of drug-likeness (QED) is 0.518. The molecule has 0 radical (unpaired) electrons. The highest BCUT2D eigenvalue weighted by Crippen LogP contribution is 2.42. The molecule has 0 spiro atoms. The van der Waals surface area contributed by atoms with E-state index in [0.29, 0.717) is 24.1 Å². The highest BCUT2D eigenvalue weighted by atomic mass is 16.2. The van der Waals surface area contributed by atoms with Gasteiger partial charge < -0.3 is 15.1 Å². The smallest absolute Gasteiger partial charge is 0.328 e. The molecule has 0 aromatic heterocycles. The molecule has 0 bridgehead atoms. The predicted molar refractivity (Wildman–Crippen MR) is 129 cm³/mol. The van der Waals surface area contributed by atoms with E-state index in [1.807, 2.05) is 19.9 Å². The van der Waals surface area contributed by atoms with E-state index in [2.05, 4.69) is 16.3 Å². The second kappa shape index (κ2) is 8.98. The number of hydrogen-bond acceptors (Lipinski definition) is 6. The second-order valence-corrected chi connectivity index (χ2v) is 10.1. The molecule has 4 aliphatic rings. The van der Waals surface area contributed by atoms with Crippen molar-refractivity contribution in [3.63, 3.8) is 0 Å². The van der Waals surface area contributed by atoms with Gasteiger partial charge in [0.05, 0.1) is 6.54 Å². The van der Waals surface area contributed by atoms with E-state index in [-0.39, 0.29) is 24.2 Å². The van der Waals surface area contributed by atoms with Gasteiger partial charge in [-0.2, -0.15) is 0 Å². The number of aliphatic imine (C=N–C) groups is 1. The number of Topliss-reactive ketones (excluding diaryl/α,β-unsaturated/α-hetero) is 1. The van der Waals surface area contributed by atoms with Gasteiger partial charge in [0.1, 0.15) is 5.84 Å². The lowest BCUT2D eigenvalue weighted by Crippen LogP contribution is -2.65. The molecular weight excluding hydrogens is 430 g/mol. The fourth-order valence-corrected chi connectivity index (χ4v) is 5.98. The number of allylic oxidation sites excluding steroid dienone is 1. The molecule has 8 nitrogen and oxygen atoms in total. The van der Waals surface area contributed by atoms with Crippen molar-refractivity contribution in [1.29, 1.82) is 0 Å². The highest BCUT2D eigenvalue weighted by molar-refractivity contribution is 6.09. The van der Waals surface area contributed by atoms with Gasteiger partial charge in [0.2, 0.25) is 0 Å². The van der Waals surface area contributed by atoms with E-state index in [9.17, 15) is 14.4 Å². The lowest BCUT2D eigenvalue weighted by Gasteiger charge is -2.41. The van der Waals surface area contributed by atoms with Gasteiger partial charge in [-0.3, -0.25) is 14.5 Å². The summed E-state index contributed by atoms with van der Waals surface area (Å²) in [5, 5.41) is 3.61. The molecule has 3 heterocycles. The van der Waals surface area contributed by atoms with Crippen LogP contribution in [-0.4, -0.2) is 83.2 Å². The van der Waals surface area contributed by atoms with Crippen LogP contribution in [0.2, 0.25) is 0 Å². The van der Waals surface area contributed by atoms with Crippen molar-refractivity contribution < 1.29 is 14.4 Å². The zero-order valence-electron chi connectivity index (χ0n) is 20.1. The van der Waals surface area contributed by atoms with Crippen molar-refractivity contribution in [2.45, 2.75) is 51.4 Å². The third-order valence-electron chi connectivity index (χ3n) is 7.76. The maximum atomic E-state index is 13.8.